The molecule has 1 aromatic heterocycles. The summed E-state index contributed by atoms with van der Waals surface area (Å²) < 4.78 is 0. The van der Waals surface area contributed by atoms with Gasteiger partial charge in [-0.25, -0.2) is 0 Å². The molecule has 1 fully saturated rings. The summed E-state index contributed by atoms with van der Waals surface area (Å²) in [5.41, 5.74) is 2.38. The van der Waals surface area contributed by atoms with Crippen LogP contribution in [0.2, 0.25) is 0 Å². The van der Waals surface area contributed by atoms with Gasteiger partial charge in [-0.2, -0.15) is 0 Å². The summed E-state index contributed by atoms with van der Waals surface area (Å²) in [6, 6.07) is 17.5. The highest BCUT2D eigenvalue weighted by molar-refractivity contribution is 5.27. The van der Waals surface area contributed by atoms with E-state index in [9.17, 15) is 0 Å². The molecular formula is C18H23N3. The van der Waals surface area contributed by atoms with Gasteiger partial charge in [0.15, 0.2) is 0 Å². The lowest BCUT2D eigenvalue weighted by atomic mass is 9.99. The molecule has 1 aromatic carbocycles. The third-order valence-corrected chi connectivity index (χ3v) is 4.14. The standard InChI is InChI=1S/C18H23N3/c1-21-13-7-10-16(14-21)20-18(15-8-3-2-4-9-15)17-11-5-6-12-19-17/h2-6,8-9,11-12,16,18,20H,7,10,13-14H2,1H3. The van der Waals surface area contributed by atoms with Gasteiger partial charge in [0.2, 0.25) is 0 Å². The molecule has 0 radical (unpaired) electrons. The number of pyridine rings is 1. The van der Waals surface area contributed by atoms with Crippen LogP contribution in [0.4, 0.5) is 0 Å². The number of rotatable bonds is 4. The summed E-state index contributed by atoms with van der Waals surface area (Å²) in [5, 5.41) is 3.81. The Hall–Kier alpha value is -1.71. The number of piperidine rings is 1. The van der Waals surface area contributed by atoms with Crippen molar-refractivity contribution in [3.8, 4) is 0 Å². The molecule has 21 heavy (non-hydrogen) atoms. The van der Waals surface area contributed by atoms with E-state index in [1.165, 1.54) is 24.9 Å². The molecule has 0 aliphatic carbocycles. The Bertz CT molecular complexity index is 501. The average molecular weight is 281 g/mol. The summed E-state index contributed by atoms with van der Waals surface area (Å²) in [6.07, 6.45) is 4.37. The lowest BCUT2D eigenvalue weighted by molar-refractivity contribution is 0.220. The number of benzene rings is 1. The third-order valence-electron chi connectivity index (χ3n) is 4.14. The van der Waals surface area contributed by atoms with Crippen molar-refractivity contribution >= 4 is 0 Å². The summed E-state index contributed by atoms with van der Waals surface area (Å²) in [7, 11) is 2.20. The number of likely N-dealkylation sites (tertiary alicyclic amines) is 1. The van der Waals surface area contributed by atoms with Gasteiger partial charge >= 0.3 is 0 Å². The van der Waals surface area contributed by atoms with Gasteiger partial charge < -0.3 is 10.2 Å². The van der Waals surface area contributed by atoms with Crippen molar-refractivity contribution in [3.63, 3.8) is 0 Å². The molecule has 3 rings (SSSR count). The Balaban J connectivity index is 1.83. The average Bonchev–Trinajstić information content (AvgIpc) is 2.54. The van der Waals surface area contributed by atoms with Crippen molar-refractivity contribution < 1.29 is 0 Å². The fourth-order valence-electron chi connectivity index (χ4n) is 3.08. The maximum absolute atomic E-state index is 4.56. The molecule has 1 aliphatic rings. The van der Waals surface area contributed by atoms with E-state index in [1.54, 1.807) is 0 Å². The minimum Gasteiger partial charge on any atom is -0.305 e. The summed E-state index contributed by atoms with van der Waals surface area (Å²) in [6.45, 7) is 2.31. The van der Waals surface area contributed by atoms with Gasteiger partial charge in [0.25, 0.3) is 0 Å². The molecule has 0 saturated carbocycles. The van der Waals surface area contributed by atoms with Crippen LogP contribution >= 0.6 is 0 Å². The van der Waals surface area contributed by atoms with Crippen LogP contribution in [0.3, 0.4) is 0 Å². The van der Waals surface area contributed by atoms with E-state index >= 15 is 0 Å². The maximum atomic E-state index is 4.56. The van der Waals surface area contributed by atoms with Gasteiger partial charge in [-0.1, -0.05) is 36.4 Å². The lowest BCUT2D eigenvalue weighted by Gasteiger charge is -2.33. The van der Waals surface area contributed by atoms with Crippen LogP contribution in [0.1, 0.15) is 30.1 Å². The van der Waals surface area contributed by atoms with Crippen molar-refractivity contribution in [2.45, 2.75) is 24.9 Å². The Kier molecular flexibility index (Phi) is 4.63. The van der Waals surface area contributed by atoms with E-state index in [2.05, 4.69) is 64.7 Å². The lowest BCUT2D eigenvalue weighted by Crippen LogP contribution is -2.45. The van der Waals surface area contributed by atoms with Gasteiger partial charge in [0, 0.05) is 18.8 Å². The molecule has 2 unspecified atom stereocenters. The van der Waals surface area contributed by atoms with Crippen molar-refractivity contribution in [1.29, 1.82) is 0 Å². The number of hydrogen-bond acceptors (Lipinski definition) is 3. The molecule has 0 bridgehead atoms. The normalized spacial score (nSPS) is 21.1. The molecule has 1 N–H and O–H groups in total. The second-order valence-corrected chi connectivity index (χ2v) is 5.87. The van der Waals surface area contributed by atoms with Crippen LogP contribution in [0, 0.1) is 0 Å². The molecule has 110 valence electrons. The van der Waals surface area contributed by atoms with Crippen LogP contribution in [-0.4, -0.2) is 36.1 Å². The monoisotopic (exact) mass is 281 g/mol. The molecular weight excluding hydrogens is 258 g/mol. The van der Waals surface area contributed by atoms with Gasteiger partial charge in [0.05, 0.1) is 11.7 Å². The summed E-state index contributed by atoms with van der Waals surface area (Å²) in [4.78, 5) is 6.97. The SMILES string of the molecule is CN1CCCC(NC(c2ccccc2)c2ccccn2)C1. The van der Waals surface area contributed by atoms with Crippen LogP contribution in [0.25, 0.3) is 0 Å². The molecule has 3 nitrogen and oxygen atoms in total. The number of aromatic nitrogens is 1. The van der Waals surface area contributed by atoms with E-state index in [-0.39, 0.29) is 6.04 Å². The van der Waals surface area contributed by atoms with Crippen LogP contribution < -0.4 is 5.32 Å². The Morgan fingerprint density at radius 2 is 1.95 bits per heavy atom. The van der Waals surface area contributed by atoms with Gasteiger partial charge in [-0.15, -0.1) is 0 Å². The van der Waals surface area contributed by atoms with E-state index in [4.69, 9.17) is 0 Å². The predicted octanol–water partition coefficient (Wildman–Crippen LogP) is 2.85. The topological polar surface area (TPSA) is 28.2 Å². The first kappa shape index (κ1) is 14.2. The fraction of sp³-hybridized carbons (Fsp3) is 0.389. The second-order valence-electron chi connectivity index (χ2n) is 5.87. The summed E-state index contributed by atoms with van der Waals surface area (Å²) in [5.74, 6) is 0. The van der Waals surface area contributed by atoms with E-state index in [0.717, 1.165) is 12.2 Å². The van der Waals surface area contributed by atoms with E-state index in [1.807, 2.05) is 12.3 Å². The Morgan fingerprint density at radius 3 is 2.67 bits per heavy atom. The highest BCUT2D eigenvalue weighted by Crippen LogP contribution is 2.22. The fourth-order valence-corrected chi connectivity index (χ4v) is 3.08. The molecule has 2 heterocycles. The summed E-state index contributed by atoms with van der Waals surface area (Å²) >= 11 is 0. The van der Waals surface area contributed by atoms with Crippen molar-refractivity contribution in [1.82, 2.24) is 15.2 Å². The van der Waals surface area contributed by atoms with Crippen LogP contribution in [0.5, 0.6) is 0 Å². The zero-order valence-electron chi connectivity index (χ0n) is 12.6. The first-order chi connectivity index (χ1) is 10.3. The second kappa shape index (κ2) is 6.83. The first-order valence-electron chi connectivity index (χ1n) is 7.73. The third kappa shape index (κ3) is 3.69. The Morgan fingerprint density at radius 1 is 1.14 bits per heavy atom. The largest absolute Gasteiger partial charge is 0.305 e. The smallest absolute Gasteiger partial charge is 0.0753 e. The van der Waals surface area contributed by atoms with Crippen LogP contribution in [0.15, 0.2) is 54.7 Å². The van der Waals surface area contributed by atoms with Gasteiger partial charge in [0.1, 0.15) is 0 Å². The number of nitrogens with one attached hydrogen (secondary N) is 1. The van der Waals surface area contributed by atoms with Crippen LogP contribution in [-0.2, 0) is 0 Å². The minimum atomic E-state index is 0.170. The molecule has 1 saturated heterocycles. The molecule has 2 atom stereocenters. The minimum absolute atomic E-state index is 0.170. The van der Waals surface area contributed by atoms with Gasteiger partial charge in [-0.3, -0.25) is 4.98 Å². The zero-order valence-corrected chi connectivity index (χ0v) is 12.6. The maximum Gasteiger partial charge on any atom is 0.0753 e. The molecule has 0 amide bonds. The number of likely N-dealkylation sites (N-methyl/N-ethyl adjacent to an activating group) is 1. The van der Waals surface area contributed by atoms with Crippen molar-refractivity contribution in [3.05, 3.63) is 66.0 Å². The predicted molar refractivity (Wildman–Crippen MR) is 86.2 cm³/mol. The Labute approximate surface area is 127 Å². The number of nitrogens with zero attached hydrogens (tertiary/aromatic N) is 2. The van der Waals surface area contributed by atoms with E-state index < -0.39 is 0 Å². The number of hydrogen-bond donors (Lipinski definition) is 1. The highest BCUT2D eigenvalue weighted by atomic mass is 15.1. The van der Waals surface area contributed by atoms with E-state index in [0.29, 0.717) is 6.04 Å². The first-order valence-corrected chi connectivity index (χ1v) is 7.73. The quantitative estimate of drug-likeness (QED) is 0.934. The zero-order chi connectivity index (χ0) is 14.5. The van der Waals surface area contributed by atoms with Crippen molar-refractivity contribution in [2.24, 2.45) is 0 Å². The van der Waals surface area contributed by atoms with Crippen molar-refractivity contribution in [2.75, 3.05) is 20.1 Å². The molecule has 1 aliphatic heterocycles. The molecule has 3 heteroatoms. The highest BCUT2D eigenvalue weighted by Gasteiger charge is 2.22. The van der Waals surface area contributed by atoms with Gasteiger partial charge in [-0.05, 0) is 44.1 Å². The molecule has 0 spiro atoms. The molecule has 2 aromatic rings.